The van der Waals surface area contributed by atoms with E-state index in [9.17, 15) is 4.79 Å². The van der Waals surface area contributed by atoms with Crippen LogP contribution < -0.4 is 4.57 Å². The second-order valence-electron chi connectivity index (χ2n) is 4.28. The Morgan fingerprint density at radius 3 is 3.06 bits per heavy atom. The topological polar surface area (TPSA) is 38.4 Å². The Kier molecular flexibility index (Phi) is 3.24. The fourth-order valence-electron chi connectivity index (χ4n) is 1.93. The van der Waals surface area contributed by atoms with Crippen LogP contribution in [0.2, 0.25) is 0 Å². The maximum Gasteiger partial charge on any atom is 0.415 e. The number of imidazole rings is 1. The largest absolute Gasteiger partial charge is 0.415 e. The Labute approximate surface area is 95.2 Å². The Balaban J connectivity index is 1.93. The molecule has 1 unspecified atom stereocenters. The standard InChI is InChI=1S/C11H18N3O2/c1-12-5-6-14(9-12)11(15)13(2)8-10-4-3-7-16-10/h5-6,9-10H,3-4,7-8H2,1-2H3/q+1. The molecule has 16 heavy (non-hydrogen) atoms. The maximum absolute atomic E-state index is 12.0. The molecule has 1 fully saturated rings. The van der Waals surface area contributed by atoms with Gasteiger partial charge in [0, 0.05) is 13.7 Å². The van der Waals surface area contributed by atoms with Gasteiger partial charge in [0.1, 0.15) is 12.4 Å². The molecule has 0 radical (unpaired) electrons. The molecule has 5 heteroatoms. The van der Waals surface area contributed by atoms with E-state index in [1.54, 1.807) is 22.0 Å². The molecular formula is C11H18N3O2+. The second-order valence-corrected chi connectivity index (χ2v) is 4.28. The molecule has 5 nitrogen and oxygen atoms in total. The van der Waals surface area contributed by atoms with Crippen LogP contribution in [0.4, 0.5) is 4.79 Å². The lowest BCUT2D eigenvalue weighted by molar-refractivity contribution is -0.670. The lowest BCUT2D eigenvalue weighted by atomic mass is 10.2. The summed E-state index contributed by atoms with van der Waals surface area (Å²) in [6.45, 7) is 1.49. The number of amides is 1. The van der Waals surface area contributed by atoms with Crippen LogP contribution in [0.3, 0.4) is 0 Å². The molecule has 1 amide bonds. The summed E-state index contributed by atoms with van der Waals surface area (Å²) < 4.78 is 8.93. The van der Waals surface area contributed by atoms with E-state index < -0.39 is 0 Å². The predicted molar refractivity (Wildman–Crippen MR) is 58.0 cm³/mol. The summed E-state index contributed by atoms with van der Waals surface area (Å²) in [5.74, 6) is 0. The molecule has 1 saturated heterocycles. The van der Waals surface area contributed by atoms with Crippen LogP contribution in [0, 0.1) is 0 Å². The van der Waals surface area contributed by atoms with Crippen molar-refractivity contribution in [2.45, 2.75) is 18.9 Å². The van der Waals surface area contributed by atoms with E-state index in [4.69, 9.17) is 4.74 Å². The van der Waals surface area contributed by atoms with Gasteiger partial charge in [0.25, 0.3) is 6.33 Å². The Morgan fingerprint density at radius 2 is 2.50 bits per heavy atom. The number of hydrogen-bond acceptors (Lipinski definition) is 2. The molecule has 0 aromatic carbocycles. The number of hydrogen-bond donors (Lipinski definition) is 0. The number of nitrogens with zero attached hydrogens (tertiary/aromatic N) is 3. The minimum atomic E-state index is -0.0175. The van der Waals surface area contributed by atoms with E-state index in [-0.39, 0.29) is 12.1 Å². The Hall–Kier alpha value is -1.36. The molecule has 0 spiro atoms. The van der Waals surface area contributed by atoms with Crippen molar-refractivity contribution < 1.29 is 14.1 Å². The number of carbonyl (C=O) groups is 1. The summed E-state index contributed by atoms with van der Waals surface area (Å²) >= 11 is 0. The minimum absolute atomic E-state index is 0.0175. The van der Waals surface area contributed by atoms with Crippen molar-refractivity contribution in [2.75, 3.05) is 20.2 Å². The van der Waals surface area contributed by atoms with Crippen LogP contribution >= 0.6 is 0 Å². The molecule has 1 aromatic heterocycles. The minimum Gasteiger partial charge on any atom is -0.376 e. The third-order valence-corrected chi connectivity index (χ3v) is 2.82. The van der Waals surface area contributed by atoms with Gasteiger partial charge in [-0.25, -0.2) is 9.36 Å². The monoisotopic (exact) mass is 224 g/mol. The van der Waals surface area contributed by atoms with Crippen molar-refractivity contribution in [3.63, 3.8) is 0 Å². The smallest absolute Gasteiger partial charge is 0.376 e. The number of ether oxygens (including phenoxy) is 1. The first-order chi connectivity index (χ1) is 7.66. The number of aromatic nitrogens is 2. The zero-order valence-electron chi connectivity index (χ0n) is 9.80. The summed E-state index contributed by atoms with van der Waals surface area (Å²) in [7, 11) is 3.70. The van der Waals surface area contributed by atoms with Gasteiger partial charge in [-0.2, -0.15) is 4.57 Å². The number of carbonyl (C=O) groups excluding carboxylic acids is 1. The summed E-state index contributed by atoms with van der Waals surface area (Å²) in [6.07, 6.45) is 7.72. The zero-order valence-corrected chi connectivity index (χ0v) is 9.80. The first-order valence-electron chi connectivity index (χ1n) is 5.57. The van der Waals surface area contributed by atoms with Crippen molar-refractivity contribution in [3.05, 3.63) is 18.7 Å². The maximum atomic E-state index is 12.0. The van der Waals surface area contributed by atoms with Crippen molar-refractivity contribution in [1.82, 2.24) is 9.47 Å². The van der Waals surface area contributed by atoms with E-state index in [1.165, 1.54) is 0 Å². The van der Waals surface area contributed by atoms with Gasteiger partial charge in [0.15, 0.2) is 0 Å². The Morgan fingerprint density at radius 1 is 1.69 bits per heavy atom. The second kappa shape index (κ2) is 4.65. The molecule has 1 aliphatic heterocycles. The summed E-state index contributed by atoms with van der Waals surface area (Å²) in [5.41, 5.74) is 0. The molecule has 2 rings (SSSR count). The number of rotatable bonds is 2. The molecule has 0 aliphatic carbocycles. The molecule has 0 saturated carbocycles. The molecule has 1 aromatic rings. The van der Waals surface area contributed by atoms with Gasteiger partial charge in [-0.05, 0) is 12.8 Å². The Bertz CT molecular complexity index is 369. The number of likely N-dealkylation sites (N-methyl/N-ethyl adjacent to an activating group) is 1. The molecule has 0 N–H and O–H groups in total. The average molecular weight is 224 g/mol. The van der Waals surface area contributed by atoms with Crippen molar-refractivity contribution >= 4 is 6.03 Å². The highest BCUT2D eigenvalue weighted by molar-refractivity contribution is 5.76. The van der Waals surface area contributed by atoms with E-state index >= 15 is 0 Å². The van der Waals surface area contributed by atoms with E-state index in [0.717, 1.165) is 19.4 Å². The lowest BCUT2D eigenvalue weighted by Gasteiger charge is -2.17. The molecule has 0 bridgehead atoms. The van der Waals surface area contributed by atoms with Gasteiger partial charge in [-0.3, -0.25) is 0 Å². The third-order valence-electron chi connectivity index (χ3n) is 2.82. The van der Waals surface area contributed by atoms with Gasteiger partial charge >= 0.3 is 6.03 Å². The normalized spacial score (nSPS) is 20.0. The van der Waals surface area contributed by atoms with Crippen LogP contribution in [0.5, 0.6) is 0 Å². The van der Waals surface area contributed by atoms with E-state index in [0.29, 0.717) is 6.54 Å². The molecule has 2 heterocycles. The SMILES string of the molecule is CN(CC1CCCO1)C(=O)n1cc[n+](C)c1. The average Bonchev–Trinajstić information content (AvgIpc) is 2.88. The highest BCUT2D eigenvalue weighted by Gasteiger charge is 2.23. The summed E-state index contributed by atoms with van der Waals surface area (Å²) in [6, 6.07) is -0.0175. The molecular weight excluding hydrogens is 206 g/mol. The fourth-order valence-corrected chi connectivity index (χ4v) is 1.93. The number of aryl methyl sites for hydroxylation is 1. The van der Waals surface area contributed by atoms with Gasteiger partial charge in [-0.1, -0.05) is 0 Å². The summed E-state index contributed by atoms with van der Waals surface area (Å²) in [4.78, 5) is 13.7. The lowest BCUT2D eigenvalue weighted by Crippen LogP contribution is -2.37. The van der Waals surface area contributed by atoms with Crippen LogP contribution in [-0.4, -0.2) is 41.8 Å². The van der Waals surface area contributed by atoms with Gasteiger partial charge < -0.3 is 9.64 Å². The molecule has 1 aliphatic rings. The van der Waals surface area contributed by atoms with Crippen molar-refractivity contribution in [1.29, 1.82) is 0 Å². The van der Waals surface area contributed by atoms with Crippen LogP contribution in [0.15, 0.2) is 18.7 Å². The zero-order chi connectivity index (χ0) is 11.5. The van der Waals surface area contributed by atoms with Crippen LogP contribution in [-0.2, 0) is 11.8 Å². The van der Waals surface area contributed by atoms with Gasteiger partial charge in [-0.15, -0.1) is 0 Å². The first-order valence-corrected chi connectivity index (χ1v) is 5.57. The van der Waals surface area contributed by atoms with Gasteiger partial charge in [0.05, 0.1) is 19.7 Å². The quantitative estimate of drug-likeness (QED) is 0.682. The molecule has 88 valence electrons. The highest BCUT2D eigenvalue weighted by atomic mass is 16.5. The summed E-state index contributed by atoms with van der Waals surface area (Å²) in [5, 5.41) is 0. The van der Waals surface area contributed by atoms with E-state index in [1.807, 2.05) is 24.9 Å². The predicted octanol–water partition coefficient (Wildman–Crippen LogP) is 0.391. The third kappa shape index (κ3) is 2.41. The van der Waals surface area contributed by atoms with Crippen LogP contribution in [0.25, 0.3) is 0 Å². The van der Waals surface area contributed by atoms with Crippen LogP contribution in [0.1, 0.15) is 12.8 Å². The highest BCUT2D eigenvalue weighted by Crippen LogP contribution is 2.12. The van der Waals surface area contributed by atoms with E-state index in [2.05, 4.69) is 0 Å². The fraction of sp³-hybridized carbons (Fsp3) is 0.636. The van der Waals surface area contributed by atoms with Crippen molar-refractivity contribution in [3.8, 4) is 0 Å². The first kappa shape index (κ1) is 11.1. The van der Waals surface area contributed by atoms with Crippen molar-refractivity contribution in [2.24, 2.45) is 7.05 Å². The molecule has 1 atom stereocenters. The van der Waals surface area contributed by atoms with Gasteiger partial charge in [0.2, 0.25) is 0 Å².